The molecule has 0 aromatic carbocycles. The molecule has 4 rings (SSSR count). The number of pyridine rings is 1. The van der Waals surface area contributed by atoms with E-state index >= 15 is 0 Å². The first-order valence-corrected chi connectivity index (χ1v) is 9.99. The zero-order valence-electron chi connectivity index (χ0n) is 15.6. The fourth-order valence-corrected chi connectivity index (χ4v) is 4.21. The van der Waals surface area contributed by atoms with Gasteiger partial charge in [0.15, 0.2) is 5.65 Å². The van der Waals surface area contributed by atoms with Crippen molar-refractivity contribution in [2.45, 2.75) is 64.0 Å². The minimum Gasteiger partial charge on any atom is -0.376 e. The molecule has 1 saturated carbocycles. The minimum atomic E-state index is 0.0413. The van der Waals surface area contributed by atoms with Crippen LogP contribution in [0.2, 0.25) is 0 Å². The number of aromatic nitrogens is 3. The summed E-state index contributed by atoms with van der Waals surface area (Å²) in [6.07, 6.45) is 11.7. The molecule has 140 valence electrons. The first kappa shape index (κ1) is 17.5. The molecule has 0 spiro atoms. The SMILES string of the molecule is CCCOC1CCCN(C(=O)c2cnc3c(c2)ncn3C2CCCC2)C1. The summed E-state index contributed by atoms with van der Waals surface area (Å²) in [5.74, 6) is 0.0413. The van der Waals surface area contributed by atoms with Gasteiger partial charge in [-0.1, -0.05) is 19.8 Å². The summed E-state index contributed by atoms with van der Waals surface area (Å²) >= 11 is 0. The Morgan fingerprint density at radius 1 is 1.23 bits per heavy atom. The average Bonchev–Trinajstić information content (AvgIpc) is 3.34. The minimum absolute atomic E-state index is 0.0413. The molecule has 6 nitrogen and oxygen atoms in total. The van der Waals surface area contributed by atoms with Gasteiger partial charge in [0.1, 0.15) is 5.52 Å². The Kier molecular flexibility index (Phi) is 5.20. The number of hydrogen-bond acceptors (Lipinski definition) is 4. The predicted octanol–water partition coefficient (Wildman–Crippen LogP) is 3.58. The van der Waals surface area contributed by atoms with Gasteiger partial charge in [-0.15, -0.1) is 0 Å². The number of nitrogens with zero attached hydrogens (tertiary/aromatic N) is 4. The predicted molar refractivity (Wildman–Crippen MR) is 100 cm³/mol. The quantitative estimate of drug-likeness (QED) is 0.822. The molecular weight excluding hydrogens is 328 g/mol. The zero-order valence-corrected chi connectivity index (χ0v) is 15.6. The molecule has 0 bridgehead atoms. The molecule has 2 aromatic rings. The summed E-state index contributed by atoms with van der Waals surface area (Å²) in [6, 6.07) is 2.40. The van der Waals surface area contributed by atoms with E-state index < -0.39 is 0 Å². The second-order valence-corrected chi connectivity index (χ2v) is 7.54. The fraction of sp³-hybridized carbons (Fsp3) is 0.650. The summed E-state index contributed by atoms with van der Waals surface area (Å²) in [5.41, 5.74) is 2.35. The lowest BCUT2D eigenvalue weighted by Gasteiger charge is -2.32. The van der Waals surface area contributed by atoms with Crippen LogP contribution in [0.3, 0.4) is 0 Å². The highest BCUT2D eigenvalue weighted by molar-refractivity contribution is 5.96. The largest absolute Gasteiger partial charge is 0.376 e. The number of fused-ring (bicyclic) bond motifs is 1. The van der Waals surface area contributed by atoms with Gasteiger partial charge in [0, 0.05) is 31.9 Å². The third-order valence-corrected chi connectivity index (χ3v) is 5.60. The number of imidazole rings is 1. The molecule has 1 aliphatic heterocycles. The van der Waals surface area contributed by atoms with Crippen LogP contribution < -0.4 is 0 Å². The molecule has 1 atom stereocenters. The lowest BCUT2D eigenvalue weighted by Crippen LogP contribution is -2.43. The highest BCUT2D eigenvalue weighted by Gasteiger charge is 2.26. The van der Waals surface area contributed by atoms with Crippen LogP contribution in [0.25, 0.3) is 11.2 Å². The van der Waals surface area contributed by atoms with E-state index in [0.717, 1.165) is 43.6 Å². The smallest absolute Gasteiger partial charge is 0.255 e. The number of likely N-dealkylation sites (tertiary alicyclic amines) is 1. The molecule has 0 radical (unpaired) electrons. The van der Waals surface area contributed by atoms with Crippen LogP contribution in [-0.2, 0) is 4.74 Å². The Balaban J connectivity index is 1.50. The number of hydrogen-bond donors (Lipinski definition) is 0. The van der Waals surface area contributed by atoms with Crippen molar-refractivity contribution in [3.8, 4) is 0 Å². The Morgan fingerprint density at radius 3 is 2.88 bits per heavy atom. The topological polar surface area (TPSA) is 60.2 Å². The lowest BCUT2D eigenvalue weighted by atomic mass is 10.1. The number of carbonyl (C=O) groups excluding carboxylic acids is 1. The summed E-state index contributed by atoms with van der Waals surface area (Å²) in [5, 5.41) is 0. The van der Waals surface area contributed by atoms with Gasteiger partial charge in [0.2, 0.25) is 0 Å². The van der Waals surface area contributed by atoms with Crippen LogP contribution in [0.1, 0.15) is 68.3 Å². The Bertz CT molecular complexity index is 766. The van der Waals surface area contributed by atoms with Crippen molar-refractivity contribution in [3.05, 3.63) is 24.2 Å². The first-order chi connectivity index (χ1) is 12.8. The summed E-state index contributed by atoms with van der Waals surface area (Å²) < 4.78 is 8.04. The van der Waals surface area contributed by atoms with Crippen LogP contribution >= 0.6 is 0 Å². The van der Waals surface area contributed by atoms with Crippen molar-refractivity contribution in [2.24, 2.45) is 0 Å². The summed E-state index contributed by atoms with van der Waals surface area (Å²) in [7, 11) is 0. The Labute approximate surface area is 154 Å². The maximum absolute atomic E-state index is 12.9. The van der Waals surface area contributed by atoms with Gasteiger partial charge >= 0.3 is 0 Å². The van der Waals surface area contributed by atoms with Crippen molar-refractivity contribution in [2.75, 3.05) is 19.7 Å². The van der Waals surface area contributed by atoms with Crippen LogP contribution in [0.5, 0.6) is 0 Å². The Hall–Kier alpha value is -1.95. The van der Waals surface area contributed by atoms with Crippen LogP contribution in [0.15, 0.2) is 18.6 Å². The molecule has 0 N–H and O–H groups in total. The van der Waals surface area contributed by atoms with E-state index in [1.54, 1.807) is 6.20 Å². The van der Waals surface area contributed by atoms with Gasteiger partial charge in [-0.05, 0) is 38.2 Å². The molecule has 26 heavy (non-hydrogen) atoms. The van der Waals surface area contributed by atoms with E-state index in [4.69, 9.17) is 4.74 Å². The van der Waals surface area contributed by atoms with Crippen molar-refractivity contribution >= 4 is 17.1 Å². The van der Waals surface area contributed by atoms with Crippen molar-refractivity contribution in [1.29, 1.82) is 0 Å². The molecule has 2 fully saturated rings. The Morgan fingerprint density at radius 2 is 2.08 bits per heavy atom. The molecule has 1 saturated heterocycles. The fourth-order valence-electron chi connectivity index (χ4n) is 4.21. The maximum atomic E-state index is 12.9. The van der Waals surface area contributed by atoms with Gasteiger partial charge < -0.3 is 14.2 Å². The van der Waals surface area contributed by atoms with Gasteiger partial charge in [-0.25, -0.2) is 9.97 Å². The van der Waals surface area contributed by atoms with E-state index in [9.17, 15) is 4.79 Å². The number of amides is 1. The number of carbonyl (C=O) groups is 1. The number of piperidine rings is 1. The van der Waals surface area contributed by atoms with Crippen molar-refractivity contribution in [3.63, 3.8) is 0 Å². The summed E-state index contributed by atoms with van der Waals surface area (Å²) in [4.78, 5) is 23.9. The first-order valence-electron chi connectivity index (χ1n) is 9.99. The molecular formula is C20H28N4O2. The number of ether oxygens (including phenoxy) is 1. The lowest BCUT2D eigenvalue weighted by molar-refractivity contribution is 0.00210. The average molecular weight is 356 g/mol. The van der Waals surface area contributed by atoms with E-state index in [1.165, 1.54) is 25.7 Å². The molecule has 1 aliphatic carbocycles. The van der Waals surface area contributed by atoms with Crippen LogP contribution in [0, 0.1) is 0 Å². The van der Waals surface area contributed by atoms with E-state index in [1.807, 2.05) is 17.3 Å². The van der Waals surface area contributed by atoms with Gasteiger partial charge in [0.25, 0.3) is 5.91 Å². The number of rotatable bonds is 5. The molecule has 1 unspecified atom stereocenters. The van der Waals surface area contributed by atoms with E-state index in [0.29, 0.717) is 18.2 Å². The monoisotopic (exact) mass is 356 g/mol. The highest BCUT2D eigenvalue weighted by atomic mass is 16.5. The van der Waals surface area contributed by atoms with Crippen molar-refractivity contribution < 1.29 is 9.53 Å². The normalized spacial score (nSPS) is 21.6. The molecule has 2 aromatic heterocycles. The van der Waals surface area contributed by atoms with Gasteiger partial charge in [-0.3, -0.25) is 4.79 Å². The van der Waals surface area contributed by atoms with E-state index in [-0.39, 0.29) is 12.0 Å². The second kappa shape index (κ2) is 7.74. The van der Waals surface area contributed by atoms with Crippen molar-refractivity contribution in [1.82, 2.24) is 19.4 Å². The standard InChI is InChI=1S/C20H28N4O2/c1-2-10-26-17-8-5-9-23(13-17)20(25)15-11-18-19(21-12-15)24(14-22-18)16-6-3-4-7-16/h11-12,14,16-17H,2-10,13H2,1H3. The second-order valence-electron chi connectivity index (χ2n) is 7.54. The van der Waals surface area contributed by atoms with E-state index in [2.05, 4.69) is 21.5 Å². The molecule has 3 heterocycles. The van der Waals surface area contributed by atoms with Crippen LogP contribution in [0.4, 0.5) is 0 Å². The highest BCUT2D eigenvalue weighted by Crippen LogP contribution is 2.31. The van der Waals surface area contributed by atoms with Gasteiger partial charge in [-0.2, -0.15) is 0 Å². The molecule has 1 amide bonds. The maximum Gasteiger partial charge on any atom is 0.255 e. The molecule has 6 heteroatoms. The summed E-state index contributed by atoms with van der Waals surface area (Å²) in [6.45, 7) is 4.34. The molecule has 2 aliphatic rings. The van der Waals surface area contributed by atoms with Crippen LogP contribution in [-0.4, -0.2) is 51.1 Å². The third-order valence-electron chi connectivity index (χ3n) is 5.60. The van der Waals surface area contributed by atoms with Gasteiger partial charge in [0.05, 0.1) is 18.0 Å². The zero-order chi connectivity index (χ0) is 17.9. The third kappa shape index (κ3) is 3.47.